The molecule has 116 valence electrons. The lowest BCUT2D eigenvalue weighted by Gasteiger charge is -2.04. The average Bonchev–Trinajstić information content (AvgIpc) is 2.45. The largest absolute Gasteiger partial charge is 0.507 e. The third-order valence-electron chi connectivity index (χ3n) is 2.56. The molecule has 22 heavy (non-hydrogen) atoms. The van der Waals surface area contributed by atoms with Gasteiger partial charge in [0.25, 0.3) is 10.0 Å². The molecule has 0 saturated carbocycles. The fourth-order valence-electron chi connectivity index (χ4n) is 1.47. The fourth-order valence-corrected chi connectivity index (χ4v) is 3.05. The lowest BCUT2D eigenvalue weighted by atomic mass is 10.2. The molecular formula is C13H9BrCl2N2O3S. The predicted octanol–water partition coefficient (Wildman–Crippen LogP) is 3.77. The number of nitrogens with zero attached hydrogens (tertiary/aromatic N) is 1. The molecule has 0 aliphatic rings. The van der Waals surface area contributed by atoms with Gasteiger partial charge in [0.2, 0.25) is 0 Å². The third-order valence-corrected chi connectivity index (χ3v) is 5.15. The van der Waals surface area contributed by atoms with E-state index in [-0.39, 0.29) is 20.7 Å². The number of benzene rings is 2. The Hall–Kier alpha value is -1.28. The van der Waals surface area contributed by atoms with Gasteiger partial charge in [-0.1, -0.05) is 23.2 Å². The maximum atomic E-state index is 12.0. The highest BCUT2D eigenvalue weighted by Crippen LogP contribution is 2.25. The zero-order chi connectivity index (χ0) is 16.3. The molecule has 0 aromatic heterocycles. The van der Waals surface area contributed by atoms with Crippen LogP contribution in [0.3, 0.4) is 0 Å². The van der Waals surface area contributed by atoms with Crippen molar-refractivity contribution in [1.29, 1.82) is 0 Å². The van der Waals surface area contributed by atoms with Gasteiger partial charge in [-0.3, -0.25) is 0 Å². The summed E-state index contributed by atoms with van der Waals surface area (Å²) in [4.78, 5) is 2.02. The Bertz CT molecular complexity index is 841. The van der Waals surface area contributed by atoms with Crippen LogP contribution in [0.15, 0.2) is 50.9 Å². The molecule has 5 nitrogen and oxygen atoms in total. The van der Waals surface area contributed by atoms with E-state index in [9.17, 15) is 13.5 Å². The average molecular weight is 424 g/mol. The molecule has 0 unspecified atom stereocenters. The van der Waals surface area contributed by atoms with Crippen molar-refractivity contribution in [3.8, 4) is 5.75 Å². The number of halogens is 3. The SMILES string of the molecule is O=S(=O)(N/N=C/c1ccc(O)c(Br)c1)c1ccc(Cl)c(Cl)c1. The first-order valence-electron chi connectivity index (χ1n) is 5.78. The molecule has 0 saturated heterocycles. The molecule has 0 atom stereocenters. The molecule has 9 heteroatoms. The van der Waals surface area contributed by atoms with Gasteiger partial charge in [-0.25, -0.2) is 4.83 Å². The summed E-state index contributed by atoms with van der Waals surface area (Å²) in [6.45, 7) is 0. The van der Waals surface area contributed by atoms with Crippen molar-refractivity contribution < 1.29 is 13.5 Å². The van der Waals surface area contributed by atoms with Crippen molar-refractivity contribution in [3.05, 3.63) is 56.5 Å². The maximum absolute atomic E-state index is 12.0. The minimum absolute atomic E-state index is 0.0501. The molecule has 2 aromatic carbocycles. The molecule has 0 spiro atoms. The smallest absolute Gasteiger partial charge is 0.276 e. The molecular weight excluding hydrogens is 415 g/mol. The Balaban J connectivity index is 2.16. The number of rotatable bonds is 4. The van der Waals surface area contributed by atoms with Crippen LogP contribution in [0.5, 0.6) is 5.75 Å². The standard InChI is InChI=1S/C13H9BrCl2N2O3S/c14-10-5-8(1-4-13(10)19)7-17-18-22(20,21)9-2-3-11(15)12(16)6-9/h1-7,18-19H/b17-7+. The second kappa shape index (κ2) is 6.87. The van der Waals surface area contributed by atoms with Crippen LogP contribution >= 0.6 is 39.1 Å². The van der Waals surface area contributed by atoms with Gasteiger partial charge in [0.1, 0.15) is 5.75 Å². The highest BCUT2D eigenvalue weighted by molar-refractivity contribution is 9.10. The highest BCUT2D eigenvalue weighted by Gasteiger charge is 2.14. The van der Waals surface area contributed by atoms with Crippen molar-refractivity contribution in [1.82, 2.24) is 4.83 Å². The van der Waals surface area contributed by atoms with E-state index < -0.39 is 10.0 Å². The van der Waals surface area contributed by atoms with Crippen LogP contribution in [0.1, 0.15) is 5.56 Å². The van der Waals surface area contributed by atoms with E-state index in [1.807, 2.05) is 0 Å². The van der Waals surface area contributed by atoms with Gasteiger partial charge in [0.05, 0.1) is 25.6 Å². The molecule has 2 N–H and O–H groups in total. The van der Waals surface area contributed by atoms with E-state index in [1.54, 1.807) is 12.1 Å². The summed E-state index contributed by atoms with van der Waals surface area (Å²) in [7, 11) is -3.84. The number of nitrogens with one attached hydrogen (secondary N) is 1. The van der Waals surface area contributed by atoms with Gasteiger partial charge >= 0.3 is 0 Å². The Kier molecular flexibility index (Phi) is 5.33. The lowest BCUT2D eigenvalue weighted by molar-refractivity contribution is 0.472. The summed E-state index contributed by atoms with van der Waals surface area (Å²) < 4.78 is 24.5. The molecule has 0 aliphatic carbocycles. The monoisotopic (exact) mass is 422 g/mol. The van der Waals surface area contributed by atoms with Crippen LogP contribution in [0.25, 0.3) is 0 Å². The number of sulfonamides is 1. The molecule has 2 rings (SSSR count). The summed E-state index contributed by atoms with van der Waals surface area (Å²) in [6.07, 6.45) is 1.30. The first-order chi connectivity index (χ1) is 10.3. The van der Waals surface area contributed by atoms with Gasteiger partial charge in [-0.05, 0) is 57.9 Å². The van der Waals surface area contributed by atoms with Crippen LogP contribution in [-0.2, 0) is 10.0 Å². The number of aromatic hydroxyl groups is 1. The molecule has 0 bridgehead atoms. The molecule has 2 aromatic rings. The van der Waals surface area contributed by atoms with E-state index >= 15 is 0 Å². The van der Waals surface area contributed by atoms with Gasteiger partial charge in [-0.2, -0.15) is 13.5 Å². The Labute approximate surface area is 145 Å². The van der Waals surface area contributed by atoms with Gasteiger partial charge in [0.15, 0.2) is 0 Å². The Morgan fingerprint density at radius 3 is 2.50 bits per heavy atom. The summed E-state index contributed by atoms with van der Waals surface area (Å²) in [6, 6.07) is 8.57. The summed E-state index contributed by atoms with van der Waals surface area (Å²) >= 11 is 14.7. The van der Waals surface area contributed by atoms with E-state index in [2.05, 4.69) is 25.9 Å². The zero-order valence-corrected chi connectivity index (χ0v) is 14.7. The van der Waals surface area contributed by atoms with Gasteiger partial charge in [0, 0.05) is 0 Å². The van der Waals surface area contributed by atoms with Crippen molar-refractivity contribution in [2.24, 2.45) is 5.10 Å². The summed E-state index contributed by atoms with van der Waals surface area (Å²) in [5.41, 5.74) is 0.599. The van der Waals surface area contributed by atoms with Gasteiger partial charge in [-0.15, -0.1) is 0 Å². The number of phenols is 1. The number of hydrazone groups is 1. The van der Waals surface area contributed by atoms with Crippen LogP contribution in [-0.4, -0.2) is 19.7 Å². The van der Waals surface area contributed by atoms with Crippen molar-refractivity contribution in [2.45, 2.75) is 4.90 Å². The van der Waals surface area contributed by atoms with Crippen molar-refractivity contribution in [2.75, 3.05) is 0 Å². The Morgan fingerprint density at radius 1 is 1.14 bits per heavy atom. The highest BCUT2D eigenvalue weighted by atomic mass is 79.9. The molecule has 0 amide bonds. The first kappa shape index (κ1) is 17.1. The van der Waals surface area contributed by atoms with E-state index in [0.29, 0.717) is 10.0 Å². The van der Waals surface area contributed by atoms with E-state index in [0.717, 1.165) is 0 Å². The van der Waals surface area contributed by atoms with Crippen LogP contribution in [0.4, 0.5) is 0 Å². The van der Waals surface area contributed by atoms with Crippen LogP contribution in [0, 0.1) is 0 Å². The van der Waals surface area contributed by atoms with Gasteiger partial charge < -0.3 is 5.11 Å². The topological polar surface area (TPSA) is 78.8 Å². The molecule has 0 radical (unpaired) electrons. The predicted molar refractivity (Wildman–Crippen MR) is 90.2 cm³/mol. The van der Waals surface area contributed by atoms with Crippen molar-refractivity contribution >= 4 is 55.4 Å². The van der Waals surface area contributed by atoms with Crippen LogP contribution in [0.2, 0.25) is 10.0 Å². The van der Waals surface area contributed by atoms with E-state index in [1.165, 1.54) is 30.5 Å². The molecule has 0 fully saturated rings. The number of hydrogen-bond donors (Lipinski definition) is 2. The lowest BCUT2D eigenvalue weighted by Crippen LogP contribution is -2.18. The van der Waals surface area contributed by atoms with Crippen molar-refractivity contribution in [3.63, 3.8) is 0 Å². The Morgan fingerprint density at radius 2 is 1.86 bits per heavy atom. The zero-order valence-electron chi connectivity index (χ0n) is 10.8. The maximum Gasteiger partial charge on any atom is 0.276 e. The summed E-state index contributed by atoms with van der Waals surface area (Å²) in [5, 5.41) is 13.4. The van der Waals surface area contributed by atoms with Crippen LogP contribution < -0.4 is 4.83 Å². The third kappa shape index (κ3) is 4.13. The number of hydrogen-bond acceptors (Lipinski definition) is 4. The summed E-state index contributed by atoms with van der Waals surface area (Å²) in [5.74, 6) is 0.0773. The molecule has 0 aliphatic heterocycles. The minimum atomic E-state index is -3.84. The second-order valence-electron chi connectivity index (χ2n) is 4.14. The fraction of sp³-hybridized carbons (Fsp3) is 0. The quantitative estimate of drug-likeness (QED) is 0.580. The molecule has 0 heterocycles. The normalized spacial score (nSPS) is 11.8. The minimum Gasteiger partial charge on any atom is -0.507 e. The number of phenolic OH excluding ortho intramolecular Hbond substituents is 1. The first-order valence-corrected chi connectivity index (χ1v) is 8.81. The van der Waals surface area contributed by atoms with E-state index in [4.69, 9.17) is 23.2 Å². The second-order valence-corrected chi connectivity index (χ2v) is 7.47.